The van der Waals surface area contributed by atoms with E-state index >= 15 is 0 Å². The maximum absolute atomic E-state index is 11.7. The molecule has 1 saturated heterocycles. The topological polar surface area (TPSA) is 69.0 Å². The fourth-order valence-electron chi connectivity index (χ4n) is 2.72. The van der Waals surface area contributed by atoms with Crippen molar-refractivity contribution in [2.24, 2.45) is 12.0 Å². The van der Waals surface area contributed by atoms with Gasteiger partial charge in [-0.3, -0.25) is 14.7 Å². The van der Waals surface area contributed by atoms with Crippen molar-refractivity contribution in [3.05, 3.63) is 18.2 Å². The van der Waals surface area contributed by atoms with Gasteiger partial charge in [0.2, 0.25) is 5.91 Å². The number of piperazine rings is 1. The summed E-state index contributed by atoms with van der Waals surface area (Å²) < 4.78 is 2.00. The third kappa shape index (κ3) is 4.95. The van der Waals surface area contributed by atoms with Crippen molar-refractivity contribution in [1.82, 2.24) is 29.6 Å². The van der Waals surface area contributed by atoms with Gasteiger partial charge in [0.15, 0.2) is 5.96 Å². The van der Waals surface area contributed by atoms with E-state index in [0.29, 0.717) is 13.0 Å². The molecule has 1 fully saturated rings. The summed E-state index contributed by atoms with van der Waals surface area (Å²) in [5, 5.41) is 3.38. The second kappa shape index (κ2) is 8.68. The first-order valence-corrected chi connectivity index (χ1v) is 8.35. The van der Waals surface area contributed by atoms with Crippen LogP contribution in [0.15, 0.2) is 17.4 Å². The van der Waals surface area contributed by atoms with Crippen LogP contribution in [-0.4, -0.2) is 90.0 Å². The molecular weight excluding hydrogens is 306 g/mol. The number of hydrogen-bond acceptors (Lipinski definition) is 4. The highest BCUT2D eigenvalue weighted by molar-refractivity contribution is 5.80. The van der Waals surface area contributed by atoms with Crippen molar-refractivity contribution in [2.45, 2.75) is 13.0 Å². The quantitative estimate of drug-likeness (QED) is 0.585. The second-order valence-corrected chi connectivity index (χ2v) is 6.22. The Kier molecular flexibility index (Phi) is 6.60. The van der Waals surface area contributed by atoms with Gasteiger partial charge in [0.25, 0.3) is 0 Å². The van der Waals surface area contributed by atoms with E-state index < -0.39 is 0 Å². The van der Waals surface area contributed by atoms with Gasteiger partial charge in [-0.2, -0.15) is 0 Å². The summed E-state index contributed by atoms with van der Waals surface area (Å²) in [4.78, 5) is 26.6. The lowest BCUT2D eigenvalue weighted by Crippen LogP contribution is -2.52. The Morgan fingerprint density at radius 1 is 1.33 bits per heavy atom. The fourth-order valence-corrected chi connectivity index (χ4v) is 2.72. The smallest absolute Gasteiger partial charge is 0.223 e. The highest BCUT2D eigenvalue weighted by atomic mass is 16.2. The van der Waals surface area contributed by atoms with Crippen LogP contribution in [0, 0.1) is 0 Å². The Labute approximate surface area is 144 Å². The molecule has 8 heteroatoms. The lowest BCUT2D eigenvalue weighted by atomic mass is 10.3. The molecule has 1 N–H and O–H groups in total. The van der Waals surface area contributed by atoms with Gasteiger partial charge in [-0.1, -0.05) is 0 Å². The molecule has 1 aromatic rings. The van der Waals surface area contributed by atoms with Crippen LogP contribution in [0.3, 0.4) is 0 Å². The van der Waals surface area contributed by atoms with Crippen LogP contribution in [0.1, 0.15) is 12.2 Å². The van der Waals surface area contributed by atoms with Crippen LogP contribution >= 0.6 is 0 Å². The first-order valence-electron chi connectivity index (χ1n) is 8.35. The standard InChI is InChI=1S/C16H29N7O/c1-17-16(19-13-14-18-6-8-21(14)4)23-11-9-22(10-12-23)7-5-15(24)20(2)3/h6,8H,5,7,9-13H2,1-4H3,(H,17,19). The number of imidazole rings is 1. The molecule has 0 spiro atoms. The number of rotatable bonds is 5. The minimum Gasteiger partial charge on any atom is -0.349 e. The van der Waals surface area contributed by atoms with E-state index in [1.54, 1.807) is 25.2 Å². The fraction of sp³-hybridized carbons (Fsp3) is 0.688. The van der Waals surface area contributed by atoms with Crippen LogP contribution in [0.2, 0.25) is 0 Å². The number of amides is 1. The highest BCUT2D eigenvalue weighted by Gasteiger charge is 2.20. The highest BCUT2D eigenvalue weighted by Crippen LogP contribution is 2.04. The van der Waals surface area contributed by atoms with E-state index in [1.807, 2.05) is 24.9 Å². The van der Waals surface area contributed by atoms with E-state index in [2.05, 4.69) is 25.1 Å². The van der Waals surface area contributed by atoms with Gasteiger partial charge in [-0.15, -0.1) is 0 Å². The van der Waals surface area contributed by atoms with Crippen LogP contribution in [0.5, 0.6) is 0 Å². The molecule has 2 rings (SSSR count). The SMILES string of the molecule is CN=C(NCc1nccn1C)N1CCN(CCC(=O)N(C)C)CC1. The molecule has 1 aliphatic heterocycles. The van der Waals surface area contributed by atoms with Crippen LogP contribution in [0.4, 0.5) is 0 Å². The number of nitrogens with one attached hydrogen (secondary N) is 1. The summed E-state index contributed by atoms with van der Waals surface area (Å²) in [5.74, 6) is 2.07. The van der Waals surface area contributed by atoms with Crippen molar-refractivity contribution >= 4 is 11.9 Å². The molecule has 134 valence electrons. The zero-order valence-corrected chi connectivity index (χ0v) is 15.2. The molecule has 0 aromatic carbocycles. The summed E-state index contributed by atoms with van der Waals surface area (Å²) in [6.07, 6.45) is 4.32. The molecule has 2 heterocycles. The van der Waals surface area contributed by atoms with Gasteiger partial charge in [0, 0.05) is 79.7 Å². The van der Waals surface area contributed by atoms with Crippen LogP contribution in [0.25, 0.3) is 0 Å². The molecule has 0 radical (unpaired) electrons. The lowest BCUT2D eigenvalue weighted by Gasteiger charge is -2.36. The molecule has 1 aliphatic rings. The third-order valence-corrected chi connectivity index (χ3v) is 4.35. The number of aromatic nitrogens is 2. The zero-order chi connectivity index (χ0) is 17.5. The predicted molar refractivity (Wildman–Crippen MR) is 94.7 cm³/mol. The van der Waals surface area contributed by atoms with Crippen LogP contribution < -0.4 is 5.32 Å². The molecule has 8 nitrogen and oxygen atoms in total. The molecule has 0 bridgehead atoms. The lowest BCUT2D eigenvalue weighted by molar-refractivity contribution is -0.129. The summed E-state index contributed by atoms with van der Waals surface area (Å²) in [5.41, 5.74) is 0. The van der Waals surface area contributed by atoms with Crippen molar-refractivity contribution in [3.63, 3.8) is 0 Å². The molecular formula is C16H29N7O. The van der Waals surface area contributed by atoms with Gasteiger partial charge < -0.3 is 19.7 Å². The number of carbonyl (C=O) groups excluding carboxylic acids is 1. The van der Waals surface area contributed by atoms with Gasteiger partial charge in [0.1, 0.15) is 5.82 Å². The molecule has 1 amide bonds. The predicted octanol–water partition coefficient (Wildman–Crippen LogP) is -0.409. The first-order chi connectivity index (χ1) is 11.5. The first kappa shape index (κ1) is 18.3. The van der Waals surface area contributed by atoms with E-state index in [1.165, 1.54) is 0 Å². The molecule has 0 atom stereocenters. The maximum Gasteiger partial charge on any atom is 0.223 e. The summed E-state index contributed by atoms with van der Waals surface area (Å²) >= 11 is 0. The number of aliphatic imine (C=N–C) groups is 1. The number of hydrogen-bond donors (Lipinski definition) is 1. The van der Waals surface area contributed by atoms with Crippen molar-refractivity contribution in [1.29, 1.82) is 0 Å². The number of guanidine groups is 1. The van der Waals surface area contributed by atoms with E-state index in [-0.39, 0.29) is 5.91 Å². The summed E-state index contributed by atoms with van der Waals surface area (Å²) in [7, 11) is 7.40. The largest absolute Gasteiger partial charge is 0.349 e. The zero-order valence-electron chi connectivity index (χ0n) is 15.2. The van der Waals surface area contributed by atoms with Gasteiger partial charge in [-0.25, -0.2) is 4.98 Å². The Balaban J connectivity index is 1.75. The van der Waals surface area contributed by atoms with Gasteiger partial charge in [0.05, 0.1) is 6.54 Å². The minimum absolute atomic E-state index is 0.185. The van der Waals surface area contributed by atoms with Crippen molar-refractivity contribution in [2.75, 3.05) is 53.9 Å². The Bertz CT molecular complexity index is 559. The number of nitrogens with zero attached hydrogens (tertiary/aromatic N) is 6. The van der Waals surface area contributed by atoms with Crippen LogP contribution in [-0.2, 0) is 18.4 Å². The molecule has 0 saturated carbocycles. The molecule has 1 aromatic heterocycles. The number of aryl methyl sites for hydroxylation is 1. The Morgan fingerprint density at radius 2 is 2.04 bits per heavy atom. The third-order valence-electron chi connectivity index (χ3n) is 4.35. The molecule has 24 heavy (non-hydrogen) atoms. The maximum atomic E-state index is 11.7. The van der Waals surface area contributed by atoms with Gasteiger partial charge in [-0.05, 0) is 0 Å². The minimum atomic E-state index is 0.185. The monoisotopic (exact) mass is 335 g/mol. The van der Waals surface area contributed by atoms with Gasteiger partial charge >= 0.3 is 0 Å². The summed E-state index contributed by atoms with van der Waals surface area (Å²) in [6, 6.07) is 0. The Hall–Kier alpha value is -2.09. The number of carbonyl (C=O) groups is 1. The Morgan fingerprint density at radius 3 is 2.58 bits per heavy atom. The molecule has 0 unspecified atom stereocenters. The van der Waals surface area contributed by atoms with E-state index in [9.17, 15) is 4.79 Å². The normalized spacial score (nSPS) is 16.3. The summed E-state index contributed by atoms with van der Waals surface area (Å²) in [6.45, 7) is 5.21. The average molecular weight is 335 g/mol. The molecule has 0 aliphatic carbocycles. The van der Waals surface area contributed by atoms with Crippen molar-refractivity contribution < 1.29 is 4.79 Å². The average Bonchev–Trinajstić information content (AvgIpc) is 2.99. The van der Waals surface area contributed by atoms with Crippen molar-refractivity contribution in [3.8, 4) is 0 Å². The van der Waals surface area contributed by atoms with E-state index in [4.69, 9.17) is 0 Å². The second-order valence-electron chi connectivity index (χ2n) is 6.22. The van der Waals surface area contributed by atoms with E-state index in [0.717, 1.165) is 44.5 Å².